The van der Waals surface area contributed by atoms with E-state index >= 15 is 0 Å². The van der Waals surface area contributed by atoms with Crippen molar-refractivity contribution in [2.45, 2.75) is 39.3 Å². The van der Waals surface area contributed by atoms with Gasteiger partial charge in [0.25, 0.3) is 0 Å². The summed E-state index contributed by atoms with van der Waals surface area (Å²) in [7, 11) is 2.82. The minimum Gasteiger partial charge on any atom is -0.497 e. The summed E-state index contributed by atoms with van der Waals surface area (Å²) in [6.07, 6.45) is 0.250. The Kier molecular flexibility index (Phi) is 7.91. The van der Waals surface area contributed by atoms with Crippen molar-refractivity contribution < 1.29 is 23.9 Å². The van der Waals surface area contributed by atoms with Crippen molar-refractivity contribution >= 4 is 17.8 Å². The molecule has 1 rings (SSSR count). The number of hydrogen-bond donors (Lipinski definition) is 2. The van der Waals surface area contributed by atoms with Crippen molar-refractivity contribution in [2.75, 3.05) is 14.2 Å². The molecule has 0 aromatic heterocycles. The van der Waals surface area contributed by atoms with Gasteiger partial charge in [0.15, 0.2) is 0 Å². The van der Waals surface area contributed by atoms with Crippen molar-refractivity contribution in [2.24, 2.45) is 5.92 Å². The van der Waals surface area contributed by atoms with E-state index < -0.39 is 24.0 Å². The van der Waals surface area contributed by atoms with Gasteiger partial charge in [0.05, 0.1) is 14.2 Å². The highest BCUT2D eigenvalue weighted by molar-refractivity contribution is 5.90. The molecule has 138 valence electrons. The molecule has 0 fully saturated rings. The van der Waals surface area contributed by atoms with Crippen LogP contribution >= 0.6 is 0 Å². The van der Waals surface area contributed by atoms with Crippen LogP contribution in [0.15, 0.2) is 24.3 Å². The lowest BCUT2D eigenvalue weighted by molar-refractivity contribution is -0.145. The summed E-state index contributed by atoms with van der Waals surface area (Å²) in [5, 5.41) is 5.27. The molecule has 7 nitrogen and oxygen atoms in total. The lowest BCUT2D eigenvalue weighted by Gasteiger charge is -2.24. The van der Waals surface area contributed by atoms with E-state index in [9.17, 15) is 14.4 Å². The summed E-state index contributed by atoms with van der Waals surface area (Å²) in [5.41, 5.74) is 0.815. The number of esters is 1. The average Bonchev–Trinajstić information content (AvgIpc) is 2.57. The van der Waals surface area contributed by atoms with E-state index in [2.05, 4.69) is 10.6 Å². The van der Waals surface area contributed by atoms with Crippen molar-refractivity contribution in [3.05, 3.63) is 29.8 Å². The molecule has 0 bridgehead atoms. The smallest absolute Gasteiger partial charge is 0.328 e. The third kappa shape index (κ3) is 6.45. The van der Waals surface area contributed by atoms with Crippen LogP contribution in [0.3, 0.4) is 0 Å². The summed E-state index contributed by atoms with van der Waals surface area (Å²) < 4.78 is 9.96. The number of amides is 2. The zero-order valence-corrected chi connectivity index (χ0v) is 15.3. The lowest BCUT2D eigenvalue weighted by Crippen LogP contribution is -2.54. The number of carbonyl (C=O) groups is 3. The van der Waals surface area contributed by atoms with Crippen LogP contribution in [0.5, 0.6) is 5.75 Å². The van der Waals surface area contributed by atoms with Gasteiger partial charge in [-0.2, -0.15) is 0 Å². The first-order valence-corrected chi connectivity index (χ1v) is 8.06. The van der Waals surface area contributed by atoms with Crippen LogP contribution in [0.1, 0.15) is 26.3 Å². The summed E-state index contributed by atoms with van der Waals surface area (Å²) >= 11 is 0. The van der Waals surface area contributed by atoms with Crippen molar-refractivity contribution in [1.29, 1.82) is 0 Å². The first-order valence-electron chi connectivity index (χ1n) is 8.06. The number of ether oxygens (including phenoxy) is 2. The van der Waals surface area contributed by atoms with Gasteiger partial charge in [-0.3, -0.25) is 9.59 Å². The van der Waals surface area contributed by atoms with Gasteiger partial charge in [-0.1, -0.05) is 26.0 Å². The Balaban J connectivity index is 2.92. The zero-order valence-electron chi connectivity index (χ0n) is 15.3. The topological polar surface area (TPSA) is 93.7 Å². The molecule has 0 saturated carbocycles. The molecule has 7 heteroatoms. The van der Waals surface area contributed by atoms with E-state index in [1.807, 2.05) is 19.9 Å². The van der Waals surface area contributed by atoms with Gasteiger partial charge in [0.1, 0.15) is 17.8 Å². The Morgan fingerprint density at radius 1 is 1.12 bits per heavy atom. The summed E-state index contributed by atoms with van der Waals surface area (Å²) in [6, 6.07) is 5.63. The molecular formula is C18H26N2O5. The minimum absolute atomic E-state index is 0.126. The molecule has 0 saturated heterocycles. The van der Waals surface area contributed by atoms with E-state index in [0.717, 1.165) is 5.56 Å². The third-order valence-electron chi connectivity index (χ3n) is 3.68. The summed E-state index contributed by atoms with van der Waals surface area (Å²) in [4.78, 5) is 35.9. The molecule has 2 atom stereocenters. The molecule has 0 aliphatic rings. The fourth-order valence-electron chi connectivity index (χ4n) is 2.39. The highest BCUT2D eigenvalue weighted by Crippen LogP contribution is 2.15. The number of hydrogen-bond acceptors (Lipinski definition) is 5. The maximum Gasteiger partial charge on any atom is 0.328 e. The molecule has 0 radical (unpaired) electrons. The molecule has 0 aliphatic heterocycles. The monoisotopic (exact) mass is 350 g/mol. The van der Waals surface area contributed by atoms with Crippen LogP contribution in [0.25, 0.3) is 0 Å². The van der Waals surface area contributed by atoms with Gasteiger partial charge in [-0.25, -0.2) is 4.79 Å². The van der Waals surface area contributed by atoms with Crippen molar-refractivity contribution in [1.82, 2.24) is 10.6 Å². The van der Waals surface area contributed by atoms with Gasteiger partial charge >= 0.3 is 5.97 Å². The maximum atomic E-state index is 12.5. The molecule has 1 aromatic rings. The first-order chi connectivity index (χ1) is 11.8. The van der Waals surface area contributed by atoms with Crippen molar-refractivity contribution in [3.63, 3.8) is 0 Å². The standard InChI is InChI=1S/C18H26N2O5/c1-11(2)16(19-12(3)21)17(22)20-15(18(23)25-5)10-13-7-6-8-14(9-13)24-4/h6-9,11,15-16H,10H2,1-5H3,(H,19,21)(H,20,22)/t15-,16-/m1/s1. The Bertz CT molecular complexity index is 615. The Morgan fingerprint density at radius 2 is 1.80 bits per heavy atom. The second kappa shape index (κ2) is 9.66. The molecule has 25 heavy (non-hydrogen) atoms. The zero-order chi connectivity index (χ0) is 19.0. The molecule has 1 aromatic carbocycles. The summed E-state index contributed by atoms with van der Waals surface area (Å²) in [6.45, 7) is 4.97. The molecule has 2 N–H and O–H groups in total. The molecule has 0 spiro atoms. The van der Waals surface area contributed by atoms with Crippen molar-refractivity contribution in [3.8, 4) is 5.75 Å². The van der Waals surface area contributed by atoms with E-state index in [1.165, 1.54) is 14.0 Å². The molecule has 0 unspecified atom stereocenters. The fourth-order valence-corrected chi connectivity index (χ4v) is 2.39. The SMILES string of the molecule is COC(=O)[C@@H](Cc1cccc(OC)c1)NC(=O)[C@H](NC(C)=O)C(C)C. The highest BCUT2D eigenvalue weighted by atomic mass is 16.5. The average molecular weight is 350 g/mol. The molecular weight excluding hydrogens is 324 g/mol. The number of nitrogens with one attached hydrogen (secondary N) is 2. The number of carbonyl (C=O) groups excluding carboxylic acids is 3. The van der Waals surface area contributed by atoms with E-state index in [1.54, 1.807) is 25.3 Å². The number of methoxy groups -OCH3 is 2. The molecule has 2 amide bonds. The van der Waals surface area contributed by atoms with E-state index in [0.29, 0.717) is 5.75 Å². The Hall–Kier alpha value is -2.57. The van der Waals surface area contributed by atoms with Crippen LogP contribution < -0.4 is 15.4 Å². The second-order valence-corrected chi connectivity index (χ2v) is 6.06. The van der Waals surface area contributed by atoms with E-state index in [4.69, 9.17) is 9.47 Å². The minimum atomic E-state index is -0.861. The number of rotatable bonds is 8. The highest BCUT2D eigenvalue weighted by Gasteiger charge is 2.28. The fraction of sp³-hybridized carbons (Fsp3) is 0.500. The molecule has 0 heterocycles. The lowest BCUT2D eigenvalue weighted by atomic mass is 10.0. The Morgan fingerprint density at radius 3 is 2.32 bits per heavy atom. The van der Waals surface area contributed by atoms with Gasteiger partial charge in [0, 0.05) is 13.3 Å². The normalized spacial score (nSPS) is 12.9. The predicted octanol–water partition coefficient (Wildman–Crippen LogP) is 1.06. The predicted molar refractivity (Wildman–Crippen MR) is 93.1 cm³/mol. The quantitative estimate of drug-likeness (QED) is 0.684. The van der Waals surface area contributed by atoms with Crippen LogP contribution in [0.2, 0.25) is 0 Å². The van der Waals surface area contributed by atoms with Crippen LogP contribution in [-0.2, 0) is 25.5 Å². The van der Waals surface area contributed by atoms with E-state index in [-0.39, 0.29) is 18.2 Å². The molecule has 0 aliphatic carbocycles. The van der Waals surface area contributed by atoms with Gasteiger partial charge in [0.2, 0.25) is 11.8 Å². The van der Waals surface area contributed by atoms with Crippen LogP contribution in [0, 0.1) is 5.92 Å². The van der Waals surface area contributed by atoms with Gasteiger partial charge in [-0.15, -0.1) is 0 Å². The van der Waals surface area contributed by atoms with Crippen LogP contribution in [0.4, 0.5) is 0 Å². The summed E-state index contributed by atoms with van der Waals surface area (Å²) in [5.74, 6) is -0.758. The second-order valence-electron chi connectivity index (χ2n) is 6.06. The van der Waals surface area contributed by atoms with Gasteiger partial charge < -0.3 is 20.1 Å². The third-order valence-corrected chi connectivity index (χ3v) is 3.68. The van der Waals surface area contributed by atoms with Gasteiger partial charge in [-0.05, 0) is 23.6 Å². The first kappa shape index (κ1) is 20.5. The largest absolute Gasteiger partial charge is 0.497 e. The Labute approximate surface area is 148 Å². The van der Waals surface area contributed by atoms with Crippen LogP contribution in [-0.4, -0.2) is 44.1 Å². The number of benzene rings is 1. The maximum absolute atomic E-state index is 12.5.